The second kappa shape index (κ2) is 9.93. The van der Waals surface area contributed by atoms with Gasteiger partial charge in [-0.15, -0.1) is 0 Å². The zero-order valence-electron chi connectivity index (χ0n) is 16.2. The Morgan fingerprint density at radius 3 is 1.75 bits per heavy atom. The molecule has 2 amide bonds. The van der Waals surface area contributed by atoms with Crippen LogP contribution in [0.25, 0.3) is 0 Å². The van der Waals surface area contributed by atoms with Gasteiger partial charge in [0.15, 0.2) is 18.5 Å². The Morgan fingerprint density at radius 1 is 0.857 bits per heavy atom. The molecule has 0 aromatic rings. The highest BCUT2D eigenvalue weighted by atomic mass is 16.6. The molecule has 0 aliphatic carbocycles. The quantitative estimate of drug-likeness (QED) is 0.313. The van der Waals surface area contributed by atoms with Gasteiger partial charge in [0.05, 0.1) is 0 Å². The summed E-state index contributed by atoms with van der Waals surface area (Å²) in [5.74, 6) is -3.71. The fourth-order valence-electron chi connectivity index (χ4n) is 3.00. The number of nitrogens with zero attached hydrogens (tertiary/aromatic N) is 1. The third kappa shape index (κ3) is 5.84. The summed E-state index contributed by atoms with van der Waals surface area (Å²) in [5, 5.41) is 0. The van der Waals surface area contributed by atoms with Gasteiger partial charge in [-0.05, 0) is 0 Å². The molecule has 0 bridgehead atoms. The van der Waals surface area contributed by atoms with Crippen molar-refractivity contribution in [2.24, 2.45) is 0 Å². The van der Waals surface area contributed by atoms with Crippen LogP contribution in [0.5, 0.6) is 0 Å². The van der Waals surface area contributed by atoms with Crippen molar-refractivity contribution in [3.8, 4) is 0 Å². The number of carbonyl (C=O) groups excluding carboxylic acids is 6. The molecule has 0 aromatic carbocycles. The lowest BCUT2D eigenvalue weighted by Gasteiger charge is -2.46. The number of imide groups is 1. The normalized spacial score (nSPS) is 26.5. The smallest absolute Gasteiger partial charge is 0.303 e. The van der Waals surface area contributed by atoms with Crippen molar-refractivity contribution in [2.45, 2.75) is 65.1 Å². The first-order valence-corrected chi connectivity index (χ1v) is 8.38. The topological polar surface area (TPSA) is 143 Å². The molecule has 1 aliphatic rings. The molecule has 0 radical (unpaired) electrons. The lowest BCUT2D eigenvalue weighted by molar-refractivity contribution is -0.230. The number of amides is 2. The molecule has 1 fully saturated rings. The number of esters is 3. The van der Waals surface area contributed by atoms with E-state index in [0.29, 0.717) is 11.2 Å². The summed E-state index contributed by atoms with van der Waals surface area (Å²) in [4.78, 5) is 70.7. The van der Waals surface area contributed by atoms with Crippen LogP contribution in [0.1, 0.15) is 34.6 Å². The monoisotopic (exact) mass is 401 g/mol. The lowest BCUT2D eigenvalue weighted by atomic mass is 9.91. The molecule has 5 atom stereocenters. The Morgan fingerprint density at radius 2 is 1.36 bits per heavy atom. The predicted octanol–water partition coefficient (Wildman–Crippen LogP) is -0.857. The van der Waals surface area contributed by atoms with Gasteiger partial charge in [0.25, 0.3) is 0 Å². The summed E-state index contributed by atoms with van der Waals surface area (Å²) in [6, 6.07) is -1.38. The second-order valence-corrected chi connectivity index (χ2v) is 6.12. The summed E-state index contributed by atoms with van der Waals surface area (Å²) >= 11 is 0. The van der Waals surface area contributed by atoms with Crippen molar-refractivity contribution in [3.63, 3.8) is 0 Å². The molecular weight excluding hydrogens is 378 g/mol. The van der Waals surface area contributed by atoms with Crippen molar-refractivity contribution in [1.29, 1.82) is 0 Å². The van der Waals surface area contributed by atoms with Crippen LogP contribution in [0.4, 0.5) is 0 Å². The van der Waals surface area contributed by atoms with Gasteiger partial charge >= 0.3 is 17.9 Å². The van der Waals surface area contributed by atoms with Gasteiger partial charge < -0.3 is 23.7 Å². The minimum atomic E-state index is -1.42. The number of hydrogen-bond donors (Lipinski definition) is 0. The van der Waals surface area contributed by atoms with Crippen molar-refractivity contribution < 1.29 is 47.7 Å². The molecule has 1 aliphatic heterocycles. The molecule has 0 aromatic heterocycles. The lowest BCUT2D eigenvalue weighted by Crippen LogP contribution is -2.68. The summed E-state index contributed by atoms with van der Waals surface area (Å²) in [6.45, 7) is 5.05. The van der Waals surface area contributed by atoms with Crippen LogP contribution in [-0.4, -0.2) is 78.0 Å². The molecule has 156 valence electrons. The largest absolute Gasteiger partial charge is 0.463 e. The highest BCUT2D eigenvalue weighted by Gasteiger charge is 2.53. The third-order valence-corrected chi connectivity index (χ3v) is 3.86. The second-order valence-electron chi connectivity index (χ2n) is 6.12. The van der Waals surface area contributed by atoms with Crippen LogP contribution in [0.3, 0.4) is 0 Å². The molecule has 11 heteroatoms. The Balaban J connectivity index is 3.46. The standard InChI is InChI=1S/C17H23NO10/c1-8(20)18(9(2)21)15-13(6-19)28-14(7-25-10(3)22)16(26-11(4)23)17(15)27-12(5)24/h6,13-17H,7H2,1-5H3/t13-,14+,15-,16+,17+/m0/s1. The Bertz CT molecular complexity index is 646. The van der Waals surface area contributed by atoms with Crippen LogP contribution in [0.15, 0.2) is 0 Å². The van der Waals surface area contributed by atoms with Gasteiger partial charge in [-0.2, -0.15) is 0 Å². The zero-order valence-corrected chi connectivity index (χ0v) is 16.2. The van der Waals surface area contributed by atoms with Crippen LogP contribution < -0.4 is 0 Å². The minimum Gasteiger partial charge on any atom is -0.463 e. The van der Waals surface area contributed by atoms with Crippen LogP contribution >= 0.6 is 0 Å². The molecule has 0 N–H and O–H groups in total. The minimum absolute atomic E-state index is 0.324. The fourth-order valence-corrected chi connectivity index (χ4v) is 3.00. The summed E-state index contributed by atoms with van der Waals surface area (Å²) in [5.41, 5.74) is 0. The van der Waals surface area contributed by atoms with Gasteiger partial charge in [0.1, 0.15) is 24.9 Å². The molecule has 28 heavy (non-hydrogen) atoms. The van der Waals surface area contributed by atoms with Crippen LogP contribution in [0, 0.1) is 0 Å². The molecular formula is C17H23NO10. The number of carbonyl (C=O) groups is 6. The molecule has 1 heterocycles. The maximum Gasteiger partial charge on any atom is 0.303 e. The highest BCUT2D eigenvalue weighted by molar-refractivity contribution is 5.94. The van der Waals surface area contributed by atoms with E-state index in [9.17, 15) is 28.8 Å². The number of aldehydes is 1. The van der Waals surface area contributed by atoms with Gasteiger partial charge in [0, 0.05) is 34.6 Å². The predicted molar refractivity (Wildman–Crippen MR) is 89.5 cm³/mol. The molecule has 1 rings (SSSR count). The zero-order chi connectivity index (χ0) is 21.6. The first-order valence-electron chi connectivity index (χ1n) is 8.38. The van der Waals surface area contributed by atoms with Crippen LogP contribution in [0.2, 0.25) is 0 Å². The van der Waals surface area contributed by atoms with Gasteiger partial charge in [-0.1, -0.05) is 0 Å². The van der Waals surface area contributed by atoms with Crippen molar-refractivity contribution in [2.75, 3.05) is 6.61 Å². The summed E-state index contributed by atoms with van der Waals surface area (Å²) < 4.78 is 20.8. The average Bonchev–Trinajstić information content (AvgIpc) is 2.55. The molecule has 0 spiro atoms. The van der Waals surface area contributed by atoms with Crippen molar-refractivity contribution in [1.82, 2.24) is 4.90 Å². The highest BCUT2D eigenvalue weighted by Crippen LogP contribution is 2.30. The van der Waals surface area contributed by atoms with Crippen LogP contribution in [-0.2, 0) is 47.7 Å². The number of hydrogen-bond acceptors (Lipinski definition) is 10. The van der Waals surface area contributed by atoms with Gasteiger partial charge in [-0.25, -0.2) is 0 Å². The number of rotatable bonds is 6. The Labute approximate surface area is 161 Å². The van der Waals surface area contributed by atoms with E-state index >= 15 is 0 Å². The van der Waals surface area contributed by atoms with Crippen molar-refractivity contribution in [3.05, 3.63) is 0 Å². The van der Waals surface area contributed by atoms with E-state index in [1.165, 1.54) is 0 Å². The van der Waals surface area contributed by atoms with Gasteiger partial charge in [0.2, 0.25) is 11.8 Å². The van der Waals surface area contributed by atoms with Gasteiger partial charge in [-0.3, -0.25) is 28.9 Å². The molecule has 1 saturated heterocycles. The average molecular weight is 401 g/mol. The van der Waals surface area contributed by atoms with E-state index in [1.807, 2.05) is 0 Å². The summed E-state index contributed by atoms with van der Waals surface area (Å²) in [6.07, 6.45) is -5.03. The SMILES string of the molecule is CC(=O)OC[C@H]1O[C@@H](C=O)[C@H](N(C(C)=O)C(C)=O)[C@@H](OC(C)=O)[C@@H]1OC(C)=O. The first-order chi connectivity index (χ1) is 13.0. The molecule has 0 saturated carbocycles. The maximum atomic E-state index is 12.0. The van der Waals surface area contributed by atoms with E-state index in [2.05, 4.69) is 0 Å². The number of ether oxygens (including phenoxy) is 4. The molecule has 11 nitrogen and oxygen atoms in total. The Hall–Kier alpha value is -2.82. The van der Waals surface area contributed by atoms with E-state index in [4.69, 9.17) is 18.9 Å². The maximum absolute atomic E-state index is 12.0. The summed E-state index contributed by atoms with van der Waals surface area (Å²) in [7, 11) is 0. The third-order valence-electron chi connectivity index (χ3n) is 3.86. The van der Waals surface area contributed by atoms with E-state index in [1.54, 1.807) is 0 Å². The Kier molecular flexibility index (Phi) is 8.23. The van der Waals surface area contributed by atoms with E-state index < -0.39 is 66.8 Å². The molecule has 0 unspecified atom stereocenters. The fraction of sp³-hybridized carbons (Fsp3) is 0.647. The first kappa shape index (κ1) is 23.2. The van der Waals surface area contributed by atoms with Crippen molar-refractivity contribution >= 4 is 36.0 Å². The van der Waals surface area contributed by atoms with E-state index in [-0.39, 0.29) is 0 Å². The van der Waals surface area contributed by atoms with E-state index in [0.717, 1.165) is 34.6 Å².